The minimum absolute atomic E-state index is 0.0834. The van der Waals surface area contributed by atoms with E-state index in [9.17, 15) is 9.18 Å². The van der Waals surface area contributed by atoms with E-state index in [2.05, 4.69) is 9.40 Å². The van der Waals surface area contributed by atoms with Gasteiger partial charge >= 0.3 is 11.9 Å². The summed E-state index contributed by atoms with van der Waals surface area (Å²) in [6, 6.07) is 0. The van der Waals surface area contributed by atoms with Gasteiger partial charge in [-0.25, -0.2) is 14.2 Å². The molecule has 0 spiro atoms. The number of carboxylic acids is 1. The lowest BCUT2D eigenvalue weighted by atomic mass is 10.1. The van der Waals surface area contributed by atoms with Crippen molar-refractivity contribution >= 4 is 5.97 Å². The number of halogens is 1. The van der Waals surface area contributed by atoms with Gasteiger partial charge in [0.15, 0.2) is 11.4 Å². The Morgan fingerprint density at radius 2 is 2.33 bits per heavy atom. The Hall–Kier alpha value is -1.39. The molecule has 0 aliphatic carbocycles. The Morgan fingerprint density at radius 3 is 2.58 bits per heavy atom. The number of alkyl halides is 1. The first kappa shape index (κ1) is 8.70. The largest absolute Gasteiger partial charge is 0.474 e. The van der Waals surface area contributed by atoms with Crippen LogP contribution in [0.3, 0.4) is 0 Å². The number of nitrogens with zero attached hydrogens (tertiary/aromatic N) is 1. The molecule has 0 aromatic carbocycles. The van der Waals surface area contributed by atoms with Crippen LogP contribution in [0.4, 0.5) is 4.39 Å². The minimum atomic E-state index is -1.69. The predicted octanol–water partition coefficient (Wildman–Crippen LogP) is 1.58. The molecule has 0 aliphatic heterocycles. The quantitative estimate of drug-likeness (QED) is 0.737. The lowest BCUT2D eigenvalue weighted by molar-refractivity contribution is 0.0643. The van der Waals surface area contributed by atoms with Crippen molar-refractivity contribution in [1.82, 2.24) is 4.98 Å². The second-order valence-corrected chi connectivity index (χ2v) is 2.81. The van der Waals surface area contributed by atoms with Crippen LogP contribution < -0.4 is 0 Å². The van der Waals surface area contributed by atoms with Crippen molar-refractivity contribution < 1.29 is 18.7 Å². The molecule has 0 fully saturated rings. The smallest absolute Gasteiger partial charge is 0.392 e. The summed E-state index contributed by atoms with van der Waals surface area (Å²) < 4.78 is 17.7. The van der Waals surface area contributed by atoms with Crippen LogP contribution >= 0.6 is 0 Å². The Morgan fingerprint density at radius 1 is 1.75 bits per heavy atom. The van der Waals surface area contributed by atoms with E-state index >= 15 is 0 Å². The van der Waals surface area contributed by atoms with Gasteiger partial charge < -0.3 is 9.52 Å². The summed E-state index contributed by atoms with van der Waals surface area (Å²) in [5, 5.41) is 8.39. The van der Waals surface area contributed by atoms with Crippen LogP contribution in [0.15, 0.2) is 10.6 Å². The lowest BCUT2D eigenvalue weighted by Gasteiger charge is -2.07. The summed E-state index contributed by atoms with van der Waals surface area (Å²) in [5.41, 5.74) is -1.69. The third-order valence-electron chi connectivity index (χ3n) is 1.27. The fourth-order valence-corrected chi connectivity index (χ4v) is 0.648. The van der Waals surface area contributed by atoms with Gasteiger partial charge in [0.2, 0.25) is 0 Å². The molecule has 1 heterocycles. The third-order valence-corrected chi connectivity index (χ3v) is 1.27. The average molecular weight is 173 g/mol. The molecule has 4 nitrogen and oxygen atoms in total. The van der Waals surface area contributed by atoms with Gasteiger partial charge in [-0.2, -0.15) is 0 Å². The zero-order valence-electron chi connectivity index (χ0n) is 6.67. The second kappa shape index (κ2) is 2.58. The molecule has 1 aromatic rings. The van der Waals surface area contributed by atoms with E-state index in [1.165, 1.54) is 13.8 Å². The van der Waals surface area contributed by atoms with Crippen molar-refractivity contribution in [3.8, 4) is 0 Å². The standard InChI is InChI=1S/C7H8FNO3/c1-7(2,8)4-3-9-5(12-4)6(10)11/h3H,1-2H3,(H,10,11). The van der Waals surface area contributed by atoms with Crippen LogP contribution in [0.2, 0.25) is 0 Å². The number of hydrogen-bond donors (Lipinski definition) is 1. The van der Waals surface area contributed by atoms with Crippen molar-refractivity contribution in [2.45, 2.75) is 19.5 Å². The molecule has 12 heavy (non-hydrogen) atoms. The van der Waals surface area contributed by atoms with E-state index in [1.54, 1.807) is 0 Å². The van der Waals surface area contributed by atoms with Crippen LogP contribution in [-0.4, -0.2) is 16.1 Å². The van der Waals surface area contributed by atoms with Crippen molar-refractivity contribution in [3.63, 3.8) is 0 Å². The normalized spacial score (nSPS) is 11.6. The molecule has 0 saturated heterocycles. The zero-order chi connectivity index (χ0) is 9.35. The van der Waals surface area contributed by atoms with Crippen LogP contribution in [0.5, 0.6) is 0 Å². The Labute approximate surface area is 68.0 Å². The van der Waals surface area contributed by atoms with Crippen molar-refractivity contribution in [3.05, 3.63) is 17.8 Å². The van der Waals surface area contributed by atoms with Crippen molar-refractivity contribution in [2.24, 2.45) is 0 Å². The van der Waals surface area contributed by atoms with Crippen LogP contribution in [-0.2, 0) is 5.67 Å². The molecule has 1 aromatic heterocycles. The number of hydrogen-bond acceptors (Lipinski definition) is 3. The molecule has 5 heteroatoms. The highest BCUT2D eigenvalue weighted by atomic mass is 19.1. The maximum absolute atomic E-state index is 13.1. The highest BCUT2D eigenvalue weighted by molar-refractivity contribution is 5.82. The predicted molar refractivity (Wildman–Crippen MR) is 37.6 cm³/mol. The van der Waals surface area contributed by atoms with Gasteiger partial charge in [0, 0.05) is 0 Å². The highest BCUT2D eigenvalue weighted by Gasteiger charge is 2.25. The first-order valence-electron chi connectivity index (χ1n) is 3.30. The lowest BCUT2D eigenvalue weighted by Crippen LogP contribution is -2.07. The van der Waals surface area contributed by atoms with Gasteiger partial charge in [-0.3, -0.25) is 0 Å². The Bertz CT molecular complexity index is 300. The molecule has 0 saturated carbocycles. The molecule has 0 aliphatic rings. The summed E-state index contributed by atoms with van der Waals surface area (Å²) in [6.45, 7) is 2.53. The van der Waals surface area contributed by atoms with Gasteiger partial charge in [-0.1, -0.05) is 0 Å². The maximum Gasteiger partial charge on any atom is 0.392 e. The fourth-order valence-electron chi connectivity index (χ4n) is 0.648. The fraction of sp³-hybridized carbons (Fsp3) is 0.429. The molecule has 66 valence electrons. The number of oxazole rings is 1. The van der Waals surface area contributed by atoms with E-state index in [4.69, 9.17) is 5.11 Å². The molecule has 0 amide bonds. The van der Waals surface area contributed by atoms with Gasteiger partial charge in [-0.05, 0) is 13.8 Å². The van der Waals surface area contributed by atoms with Crippen molar-refractivity contribution in [2.75, 3.05) is 0 Å². The molecule has 1 N–H and O–H groups in total. The minimum Gasteiger partial charge on any atom is -0.474 e. The number of carboxylic acid groups (broad SMARTS) is 1. The summed E-state index contributed by atoms with van der Waals surface area (Å²) in [5.74, 6) is -1.87. The van der Waals surface area contributed by atoms with E-state index in [0.717, 1.165) is 6.20 Å². The van der Waals surface area contributed by atoms with Gasteiger partial charge in [-0.15, -0.1) is 0 Å². The number of aromatic carboxylic acids is 1. The monoisotopic (exact) mass is 173 g/mol. The first-order chi connectivity index (χ1) is 5.41. The number of carbonyl (C=O) groups is 1. The van der Waals surface area contributed by atoms with E-state index in [0.29, 0.717) is 0 Å². The topological polar surface area (TPSA) is 63.3 Å². The maximum atomic E-state index is 13.1. The summed E-state index contributed by atoms with van der Waals surface area (Å²) in [6.07, 6.45) is 1.07. The molecule has 0 bridgehead atoms. The summed E-state index contributed by atoms with van der Waals surface area (Å²) in [7, 11) is 0. The van der Waals surface area contributed by atoms with E-state index < -0.39 is 17.5 Å². The molecule has 0 unspecified atom stereocenters. The van der Waals surface area contributed by atoms with E-state index in [-0.39, 0.29) is 5.76 Å². The van der Waals surface area contributed by atoms with Crippen molar-refractivity contribution in [1.29, 1.82) is 0 Å². The molecular weight excluding hydrogens is 165 g/mol. The SMILES string of the molecule is CC(C)(F)c1cnc(C(=O)O)o1. The third kappa shape index (κ3) is 1.61. The summed E-state index contributed by atoms with van der Waals surface area (Å²) in [4.78, 5) is 13.6. The Kier molecular flexibility index (Phi) is 1.87. The van der Waals surface area contributed by atoms with Crippen LogP contribution in [0.25, 0.3) is 0 Å². The summed E-state index contributed by atoms with van der Waals surface area (Å²) >= 11 is 0. The van der Waals surface area contributed by atoms with Crippen LogP contribution in [0, 0.1) is 0 Å². The average Bonchev–Trinajstić information content (AvgIpc) is 2.30. The number of rotatable bonds is 2. The molecule has 0 atom stereocenters. The molecular formula is C7H8FNO3. The van der Waals surface area contributed by atoms with E-state index in [1.807, 2.05) is 0 Å². The van der Waals surface area contributed by atoms with Gasteiger partial charge in [0.05, 0.1) is 6.20 Å². The highest BCUT2D eigenvalue weighted by Crippen LogP contribution is 2.24. The zero-order valence-corrected chi connectivity index (χ0v) is 6.67. The number of aromatic nitrogens is 1. The second-order valence-electron chi connectivity index (χ2n) is 2.81. The molecule has 0 radical (unpaired) electrons. The Balaban J connectivity index is 3.00. The van der Waals surface area contributed by atoms with Gasteiger partial charge in [0.25, 0.3) is 0 Å². The van der Waals surface area contributed by atoms with Crippen LogP contribution in [0.1, 0.15) is 30.3 Å². The van der Waals surface area contributed by atoms with Gasteiger partial charge in [0.1, 0.15) is 0 Å². The first-order valence-corrected chi connectivity index (χ1v) is 3.30. The molecule has 1 rings (SSSR count).